The van der Waals surface area contributed by atoms with Gasteiger partial charge in [-0.15, -0.1) is 0 Å². The van der Waals surface area contributed by atoms with Gasteiger partial charge in [-0.25, -0.2) is 18.2 Å². The first-order valence-corrected chi connectivity index (χ1v) is 24.7. The zero-order valence-electron chi connectivity index (χ0n) is 39.0. The Morgan fingerprint density at radius 2 is 1.45 bits per heavy atom. The van der Waals surface area contributed by atoms with Gasteiger partial charge in [0.2, 0.25) is 17.7 Å². The van der Waals surface area contributed by atoms with E-state index in [9.17, 15) is 22.8 Å². The Kier molecular flexibility index (Phi) is 12.9. The number of pyridine rings is 1. The minimum Gasteiger partial charge on any atom is -0.487 e. The lowest BCUT2D eigenvalue weighted by Gasteiger charge is -2.38. The summed E-state index contributed by atoms with van der Waals surface area (Å²) in [4.78, 5) is 46.9. The van der Waals surface area contributed by atoms with Crippen molar-refractivity contribution in [1.82, 2.24) is 18.8 Å². The summed E-state index contributed by atoms with van der Waals surface area (Å²) in [7, 11) is -2.61. The quantitative estimate of drug-likeness (QED) is 0.102. The van der Waals surface area contributed by atoms with Crippen molar-refractivity contribution in [3.8, 4) is 23.2 Å². The number of amides is 2. The first-order valence-electron chi connectivity index (χ1n) is 23.3. The molecule has 71 heavy (non-hydrogen) atoms. The lowest BCUT2D eigenvalue weighted by Crippen LogP contribution is -2.40. The van der Waals surface area contributed by atoms with Gasteiger partial charge in [-0.1, -0.05) is 97.9 Å². The predicted molar refractivity (Wildman–Crippen MR) is 270 cm³/mol. The summed E-state index contributed by atoms with van der Waals surface area (Å²) in [6, 6.07) is 44.3. The maximum absolute atomic E-state index is 16.4. The lowest BCUT2D eigenvalue weighted by atomic mass is 9.84. The van der Waals surface area contributed by atoms with Crippen LogP contribution >= 0.6 is 0 Å². The third-order valence-corrected chi connectivity index (χ3v) is 14.4. The summed E-state index contributed by atoms with van der Waals surface area (Å²) < 4.78 is 66.3. The van der Waals surface area contributed by atoms with Crippen molar-refractivity contribution in [2.45, 2.75) is 39.6 Å². The van der Waals surface area contributed by atoms with E-state index in [2.05, 4.69) is 17.1 Å². The molecule has 0 bridgehead atoms. The number of anilines is 3. The van der Waals surface area contributed by atoms with E-state index in [1.807, 2.05) is 114 Å². The van der Waals surface area contributed by atoms with Crippen molar-refractivity contribution in [1.29, 1.82) is 0 Å². The van der Waals surface area contributed by atoms with Crippen molar-refractivity contribution in [2.75, 3.05) is 34.2 Å². The molecule has 10 rings (SSSR count). The summed E-state index contributed by atoms with van der Waals surface area (Å²) >= 11 is 0. The Morgan fingerprint density at radius 1 is 0.789 bits per heavy atom. The van der Waals surface area contributed by atoms with Crippen LogP contribution in [0.25, 0.3) is 27.5 Å². The van der Waals surface area contributed by atoms with Gasteiger partial charge < -0.3 is 24.4 Å². The lowest BCUT2D eigenvalue weighted by molar-refractivity contribution is -0.118. The number of hydrogen-bond donors (Lipinski definition) is 2. The van der Waals surface area contributed by atoms with Crippen LogP contribution < -0.4 is 39.1 Å². The van der Waals surface area contributed by atoms with Crippen molar-refractivity contribution < 1.29 is 36.6 Å². The molecule has 0 saturated carbocycles. The summed E-state index contributed by atoms with van der Waals surface area (Å²) in [5, 5.41) is 3.43. The van der Waals surface area contributed by atoms with Gasteiger partial charge in [-0.05, 0) is 88.9 Å². The molecule has 8 aromatic rings. The maximum Gasteiger partial charge on any atom is 0.333 e. The molecule has 0 aliphatic carbocycles. The number of hydrogen-bond acceptors (Lipinski definition) is 10. The fourth-order valence-corrected chi connectivity index (χ4v) is 10.5. The number of fused-ring (bicyclic) bond motifs is 2. The van der Waals surface area contributed by atoms with Crippen molar-refractivity contribution >= 4 is 60.9 Å². The summed E-state index contributed by atoms with van der Waals surface area (Å²) in [6.45, 7) is 3.46. The van der Waals surface area contributed by atoms with E-state index >= 15 is 4.39 Å². The second-order valence-corrected chi connectivity index (χ2v) is 19.5. The molecule has 2 saturated heterocycles. The summed E-state index contributed by atoms with van der Waals surface area (Å²) in [5.41, 5.74) is 5.35. The van der Waals surface area contributed by atoms with Gasteiger partial charge in [0, 0.05) is 49.4 Å². The van der Waals surface area contributed by atoms with Crippen LogP contribution in [0.15, 0.2) is 150 Å². The minimum absolute atomic E-state index is 0.00951. The average Bonchev–Trinajstić information content (AvgIpc) is 3.80. The molecule has 0 unspecified atom stereocenters. The molecule has 2 atom stereocenters. The normalized spacial score (nSPS) is 16.5. The molecule has 0 radical (unpaired) electrons. The minimum atomic E-state index is -4.36. The van der Waals surface area contributed by atoms with Gasteiger partial charge in [0.25, 0.3) is 5.91 Å². The molecule has 2 aromatic heterocycles. The monoisotopic (exact) mass is 975 g/mol. The van der Waals surface area contributed by atoms with Crippen LogP contribution in [0.3, 0.4) is 0 Å². The molecule has 6 aromatic carbocycles. The topological polar surface area (TPSA) is 166 Å². The zero-order chi connectivity index (χ0) is 49.2. The second kappa shape index (κ2) is 19.7. The summed E-state index contributed by atoms with van der Waals surface area (Å²) in [6.07, 6.45) is 0.998. The van der Waals surface area contributed by atoms with Gasteiger partial charge in [0.15, 0.2) is 5.82 Å². The van der Waals surface area contributed by atoms with Gasteiger partial charge in [-0.3, -0.25) is 18.7 Å². The van der Waals surface area contributed by atoms with Gasteiger partial charge in [-0.2, -0.15) is 13.4 Å². The van der Waals surface area contributed by atoms with Gasteiger partial charge in [0.05, 0.1) is 11.0 Å². The number of carbonyl (C=O) groups is 2. The molecule has 2 fully saturated rings. The van der Waals surface area contributed by atoms with E-state index in [4.69, 9.17) is 19.2 Å². The van der Waals surface area contributed by atoms with E-state index in [1.54, 1.807) is 40.4 Å². The third kappa shape index (κ3) is 9.86. The molecule has 2 amide bonds. The largest absolute Gasteiger partial charge is 0.487 e. The fourth-order valence-electron chi connectivity index (χ4n) is 9.30. The van der Waals surface area contributed by atoms with Crippen LogP contribution in [0.1, 0.15) is 36.5 Å². The molecule has 4 heterocycles. The summed E-state index contributed by atoms with van der Waals surface area (Å²) in [5.74, 6) is -1.12. The van der Waals surface area contributed by atoms with E-state index in [0.717, 1.165) is 34.3 Å². The molecule has 2 aliphatic rings. The first-order chi connectivity index (χ1) is 34.4. The highest BCUT2D eigenvalue weighted by Gasteiger charge is 2.38. The Bertz CT molecular complexity index is 3460. The molecule has 362 valence electrons. The van der Waals surface area contributed by atoms with E-state index in [1.165, 1.54) is 12.1 Å². The number of nitrogens with one attached hydrogen (secondary N) is 2. The van der Waals surface area contributed by atoms with Crippen LogP contribution in [0.5, 0.6) is 17.5 Å². The van der Waals surface area contributed by atoms with Crippen molar-refractivity contribution in [3.05, 3.63) is 179 Å². The average molecular weight is 976 g/mol. The molecule has 17 heteroatoms. The Balaban J connectivity index is 0.834. The fraction of sp³-hybridized carbons (Fsp3) is 0.222. The van der Waals surface area contributed by atoms with Crippen LogP contribution in [0.4, 0.5) is 21.5 Å². The number of rotatable bonds is 15. The number of carbonyl (C=O) groups excluding carboxylic acids is 2. The number of ether oxygens (including phenoxy) is 3. The predicted octanol–water partition coefficient (Wildman–Crippen LogP) is 8.43. The van der Waals surface area contributed by atoms with Crippen LogP contribution in [0.2, 0.25) is 0 Å². The highest BCUT2D eigenvalue weighted by molar-refractivity contribution is 7.92. The highest BCUT2D eigenvalue weighted by atomic mass is 32.2. The number of piperidine rings is 1. The smallest absolute Gasteiger partial charge is 0.333 e. The molecule has 0 spiro atoms. The molecular formula is C54H50FN7O8S. The van der Waals surface area contributed by atoms with E-state index in [0.29, 0.717) is 52.2 Å². The Labute approximate surface area is 409 Å². The van der Waals surface area contributed by atoms with E-state index in [-0.39, 0.29) is 65.8 Å². The second-order valence-electron chi connectivity index (χ2n) is 17.9. The number of aryl methyl sites for hydroxylation is 1. The first kappa shape index (κ1) is 46.5. The molecule has 15 nitrogen and oxygen atoms in total. The molecule has 2 N–H and O–H groups in total. The number of aromatic nitrogens is 3. The van der Waals surface area contributed by atoms with Crippen molar-refractivity contribution in [3.63, 3.8) is 0 Å². The van der Waals surface area contributed by atoms with Crippen LogP contribution in [-0.2, 0) is 46.7 Å². The maximum atomic E-state index is 16.4. The SMILES string of the molecule is C[C@H]1CN(c2ccc3c(c2)n(C)c(=O)n3-c2ccc(OCc3ccccc3)nc2OCc2ccccc2)CC[C@H]1CC(=O)Nc1ccc2c(F)c(N3CC(=O)NS3(=O)=O)c(OCc3ccccc3)cc2c1. The van der Waals surface area contributed by atoms with Gasteiger partial charge in [0.1, 0.15) is 43.5 Å². The number of imidazole rings is 1. The van der Waals surface area contributed by atoms with Gasteiger partial charge >= 0.3 is 15.9 Å². The molecule has 2 aliphatic heterocycles. The Morgan fingerprint density at radius 3 is 2.10 bits per heavy atom. The molecular weight excluding hydrogens is 926 g/mol. The number of nitrogens with zero attached hydrogens (tertiary/aromatic N) is 5. The number of halogens is 1. The number of benzene rings is 6. The van der Waals surface area contributed by atoms with Crippen LogP contribution in [0, 0.1) is 17.7 Å². The third-order valence-electron chi connectivity index (χ3n) is 13.0. The zero-order valence-corrected chi connectivity index (χ0v) is 39.8. The Hall–Kier alpha value is -8.18. The van der Waals surface area contributed by atoms with Crippen LogP contribution in [-0.4, -0.2) is 54.0 Å². The van der Waals surface area contributed by atoms with Crippen molar-refractivity contribution in [2.24, 2.45) is 18.9 Å². The standard InChI is InChI=1S/C54H50FN7O8S/c1-35-30-60(42-19-21-44-46(29-42)59(2)54(65)62(44)45-22-23-50(69-33-37-14-8-4-9-15-37)57-53(45)70-34-38-16-10-5-11-17-38)25-24-39(35)28-48(63)56-41-18-20-43-40(26-41)27-47(68-32-36-12-6-3-7-13-36)52(51(43)55)61-31-49(64)58-71(61,66)67/h3-23,26-27,29,35,39H,24-25,28,30-34H2,1-2H3,(H,56,63)(H,58,64)/t35-,39-/m0/s1. The highest BCUT2D eigenvalue weighted by Crippen LogP contribution is 2.41. The van der Waals surface area contributed by atoms with E-state index < -0.39 is 28.5 Å².